The van der Waals surface area contributed by atoms with Crippen LogP contribution in [0.4, 0.5) is 0 Å². The minimum Gasteiger partial charge on any atom is -0.392 e. The van der Waals surface area contributed by atoms with E-state index in [0.29, 0.717) is 16.7 Å². The molecular formula is C27H49NO. The Labute approximate surface area is 180 Å². The number of rotatable bonds is 5. The van der Waals surface area contributed by atoms with Gasteiger partial charge in [0.25, 0.3) is 0 Å². The van der Waals surface area contributed by atoms with Gasteiger partial charge < -0.3 is 10.8 Å². The molecule has 0 bridgehead atoms. The van der Waals surface area contributed by atoms with Gasteiger partial charge in [-0.15, -0.1) is 0 Å². The third kappa shape index (κ3) is 3.63. The van der Waals surface area contributed by atoms with Crippen molar-refractivity contribution in [3.05, 3.63) is 0 Å². The van der Waals surface area contributed by atoms with Crippen molar-refractivity contribution in [3.8, 4) is 0 Å². The van der Waals surface area contributed by atoms with Gasteiger partial charge in [0.05, 0.1) is 6.10 Å². The molecule has 0 unspecified atom stereocenters. The van der Waals surface area contributed by atoms with Crippen LogP contribution in [0.2, 0.25) is 0 Å². The van der Waals surface area contributed by atoms with Crippen LogP contribution in [0, 0.1) is 52.3 Å². The fraction of sp³-hybridized carbons (Fsp3) is 1.00. The monoisotopic (exact) mass is 403 g/mol. The van der Waals surface area contributed by atoms with Crippen LogP contribution < -0.4 is 5.73 Å². The van der Waals surface area contributed by atoms with Crippen LogP contribution in [0.1, 0.15) is 105 Å². The maximum absolute atomic E-state index is 10.4. The molecule has 0 aromatic carbocycles. The molecule has 4 aliphatic rings. The third-order valence-corrected chi connectivity index (χ3v) is 11.0. The number of nitrogens with two attached hydrogens (primary N) is 1. The van der Waals surface area contributed by atoms with Crippen LogP contribution >= 0.6 is 0 Å². The Balaban J connectivity index is 1.48. The topological polar surface area (TPSA) is 46.2 Å². The summed E-state index contributed by atoms with van der Waals surface area (Å²) in [5, 5.41) is 10.4. The van der Waals surface area contributed by atoms with Gasteiger partial charge in [-0.3, -0.25) is 0 Å². The number of fused-ring (bicyclic) bond motifs is 5. The molecule has 0 radical (unpaired) electrons. The molecule has 2 heteroatoms. The van der Waals surface area contributed by atoms with Crippen LogP contribution in [0.5, 0.6) is 0 Å². The zero-order valence-electron chi connectivity index (χ0n) is 20.0. The Hall–Kier alpha value is -0.0800. The van der Waals surface area contributed by atoms with Crippen LogP contribution in [0.15, 0.2) is 0 Å². The Morgan fingerprint density at radius 1 is 0.828 bits per heavy atom. The Morgan fingerprint density at radius 3 is 2.21 bits per heavy atom. The van der Waals surface area contributed by atoms with Crippen LogP contribution in [0.3, 0.4) is 0 Å². The fourth-order valence-electron chi connectivity index (χ4n) is 9.43. The van der Waals surface area contributed by atoms with Gasteiger partial charge in [-0.25, -0.2) is 0 Å². The third-order valence-electron chi connectivity index (χ3n) is 11.0. The van der Waals surface area contributed by atoms with Crippen LogP contribution in [-0.2, 0) is 0 Å². The maximum atomic E-state index is 10.4. The second-order valence-electron chi connectivity index (χ2n) is 12.8. The van der Waals surface area contributed by atoms with Crippen molar-refractivity contribution in [1.29, 1.82) is 0 Å². The lowest BCUT2D eigenvalue weighted by atomic mass is 9.43. The van der Waals surface area contributed by atoms with Crippen LogP contribution in [-0.4, -0.2) is 17.3 Å². The first-order valence-electron chi connectivity index (χ1n) is 13.1. The highest BCUT2D eigenvalue weighted by atomic mass is 16.3. The fourth-order valence-corrected chi connectivity index (χ4v) is 9.43. The van der Waals surface area contributed by atoms with Gasteiger partial charge >= 0.3 is 0 Å². The molecular weight excluding hydrogens is 354 g/mol. The minimum absolute atomic E-state index is 0.0142. The zero-order chi connectivity index (χ0) is 21.0. The molecule has 0 amide bonds. The molecule has 0 aromatic heterocycles. The summed E-state index contributed by atoms with van der Waals surface area (Å²) in [7, 11) is 0. The summed E-state index contributed by atoms with van der Waals surface area (Å²) >= 11 is 0. The van der Waals surface area contributed by atoms with E-state index in [1.54, 1.807) is 0 Å². The normalized spacial score (nSPS) is 50.7. The van der Waals surface area contributed by atoms with Crippen molar-refractivity contribution >= 4 is 0 Å². The lowest BCUT2D eigenvalue weighted by Crippen LogP contribution is -2.60. The smallest absolute Gasteiger partial charge is 0.0694 e. The summed E-state index contributed by atoms with van der Waals surface area (Å²) in [5.74, 6) is 5.95. The highest BCUT2D eigenvalue weighted by Gasteiger charge is 2.61. The molecule has 0 spiro atoms. The predicted octanol–water partition coefficient (Wildman–Crippen LogP) is 6.41. The molecule has 2 nitrogen and oxygen atoms in total. The molecule has 4 rings (SSSR count). The summed E-state index contributed by atoms with van der Waals surface area (Å²) in [4.78, 5) is 0. The summed E-state index contributed by atoms with van der Waals surface area (Å²) < 4.78 is 0. The van der Waals surface area contributed by atoms with Crippen molar-refractivity contribution in [2.75, 3.05) is 0 Å². The van der Waals surface area contributed by atoms with Gasteiger partial charge in [0.15, 0.2) is 0 Å². The Bertz CT molecular complexity index is 575. The van der Waals surface area contributed by atoms with Crippen molar-refractivity contribution in [2.45, 2.75) is 117 Å². The van der Waals surface area contributed by atoms with E-state index >= 15 is 0 Å². The quantitative estimate of drug-likeness (QED) is 0.557. The van der Waals surface area contributed by atoms with Gasteiger partial charge in [-0.1, -0.05) is 53.9 Å². The molecule has 4 aliphatic carbocycles. The molecule has 4 saturated carbocycles. The molecule has 4 fully saturated rings. The van der Waals surface area contributed by atoms with Gasteiger partial charge in [0.1, 0.15) is 0 Å². The first-order chi connectivity index (χ1) is 13.7. The average molecular weight is 404 g/mol. The summed E-state index contributed by atoms with van der Waals surface area (Å²) in [6.07, 6.45) is 14.6. The highest BCUT2D eigenvalue weighted by Crippen LogP contribution is 2.68. The van der Waals surface area contributed by atoms with Crippen molar-refractivity contribution in [2.24, 2.45) is 58.0 Å². The molecule has 168 valence electrons. The highest BCUT2D eigenvalue weighted by molar-refractivity contribution is 5.11. The Morgan fingerprint density at radius 2 is 1.48 bits per heavy atom. The van der Waals surface area contributed by atoms with E-state index in [-0.39, 0.29) is 12.1 Å². The number of hydrogen-bond donors (Lipinski definition) is 2. The van der Waals surface area contributed by atoms with Gasteiger partial charge in [0, 0.05) is 6.04 Å². The molecule has 10 atom stereocenters. The van der Waals surface area contributed by atoms with E-state index in [1.165, 1.54) is 64.2 Å². The molecule has 3 N–H and O–H groups in total. The lowest BCUT2D eigenvalue weighted by Gasteiger charge is -2.62. The minimum atomic E-state index is -0.263. The average Bonchev–Trinajstić information content (AvgIpc) is 3.02. The van der Waals surface area contributed by atoms with Crippen molar-refractivity contribution in [3.63, 3.8) is 0 Å². The summed E-state index contributed by atoms with van der Waals surface area (Å²) in [5.41, 5.74) is 7.51. The van der Waals surface area contributed by atoms with E-state index in [0.717, 1.165) is 41.9 Å². The molecule has 0 heterocycles. The summed E-state index contributed by atoms with van der Waals surface area (Å²) in [6, 6.07) is 0.0142. The standard InChI is InChI=1S/C27H49NO/c1-17(2)7-6-8-18(3)20-11-12-21-19-9-10-23-25(28)24(29)14-16-27(23,5)22(19)13-15-26(20,21)4/h17-25,29H,6-16,28H2,1-5H3/t18-,19+,20-,21+,22+,23+,24+,25+,26-,27-/m1/s1. The van der Waals surface area contributed by atoms with Gasteiger partial charge in [0.2, 0.25) is 0 Å². The maximum Gasteiger partial charge on any atom is 0.0694 e. The summed E-state index contributed by atoms with van der Waals surface area (Å²) in [6.45, 7) is 12.6. The molecule has 0 saturated heterocycles. The van der Waals surface area contributed by atoms with E-state index in [2.05, 4.69) is 34.6 Å². The molecule has 0 aliphatic heterocycles. The van der Waals surface area contributed by atoms with E-state index in [9.17, 15) is 5.11 Å². The van der Waals surface area contributed by atoms with Crippen LogP contribution in [0.25, 0.3) is 0 Å². The van der Waals surface area contributed by atoms with Crippen molar-refractivity contribution in [1.82, 2.24) is 0 Å². The predicted molar refractivity (Wildman–Crippen MR) is 122 cm³/mol. The molecule has 29 heavy (non-hydrogen) atoms. The second kappa shape index (κ2) is 8.12. The number of aliphatic hydroxyl groups is 1. The molecule has 0 aromatic rings. The van der Waals surface area contributed by atoms with E-state index < -0.39 is 0 Å². The van der Waals surface area contributed by atoms with Gasteiger partial charge in [-0.05, 0) is 104 Å². The second-order valence-corrected chi connectivity index (χ2v) is 12.8. The number of hydrogen-bond acceptors (Lipinski definition) is 2. The first-order valence-corrected chi connectivity index (χ1v) is 13.1. The van der Waals surface area contributed by atoms with E-state index in [4.69, 9.17) is 5.73 Å². The van der Waals surface area contributed by atoms with Gasteiger partial charge in [-0.2, -0.15) is 0 Å². The number of aliphatic hydroxyl groups excluding tert-OH is 1. The van der Waals surface area contributed by atoms with E-state index in [1.807, 2.05) is 0 Å². The largest absolute Gasteiger partial charge is 0.392 e. The first kappa shape index (κ1) is 22.1. The Kier molecular flexibility index (Phi) is 6.19. The zero-order valence-corrected chi connectivity index (χ0v) is 20.0. The van der Waals surface area contributed by atoms with Crippen molar-refractivity contribution < 1.29 is 5.11 Å². The SMILES string of the molecule is CC(C)CCC[C@@H](C)[C@H]1CC[C@H]2[C@@H]3CC[C@H]4[C@H](N)[C@@H](O)CC[C@]4(C)[C@H]3CC[C@]12C. The lowest BCUT2D eigenvalue weighted by molar-refractivity contribution is -0.136.